The Morgan fingerprint density at radius 1 is 1.37 bits per heavy atom. The van der Waals surface area contributed by atoms with Crippen LogP contribution >= 0.6 is 15.9 Å². The highest BCUT2D eigenvalue weighted by Gasteiger charge is 2.28. The number of halogens is 1. The number of ether oxygens (including phenoxy) is 1. The molecular weight excluding hydrogens is 304 g/mol. The molecule has 0 spiro atoms. The van der Waals surface area contributed by atoms with Gasteiger partial charge in [-0.05, 0) is 56.9 Å². The third-order valence-corrected chi connectivity index (χ3v) is 5.01. The van der Waals surface area contributed by atoms with Crippen molar-refractivity contribution in [3.63, 3.8) is 0 Å². The van der Waals surface area contributed by atoms with E-state index < -0.39 is 0 Å². The number of nitrogens with two attached hydrogens (primary N) is 1. The predicted octanol–water partition coefficient (Wildman–Crippen LogP) is 3.37. The zero-order valence-electron chi connectivity index (χ0n) is 11.9. The zero-order chi connectivity index (χ0) is 14.0. The minimum Gasteiger partial charge on any atom is -0.378 e. The zero-order valence-corrected chi connectivity index (χ0v) is 13.5. The Labute approximate surface area is 124 Å². The first-order chi connectivity index (χ1) is 9.01. The first-order valence-electron chi connectivity index (χ1n) is 6.90. The molecule has 0 radical (unpaired) electrons. The summed E-state index contributed by atoms with van der Waals surface area (Å²) < 4.78 is 7.09. The van der Waals surface area contributed by atoms with Gasteiger partial charge in [-0.2, -0.15) is 0 Å². The minimum atomic E-state index is 0.185. The first-order valence-corrected chi connectivity index (χ1v) is 7.69. The average molecular weight is 327 g/mol. The van der Waals surface area contributed by atoms with E-state index in [0.717, 1.165) is 18.5 Å². The van der Waals surface area contributed by atoms with Gasteiger partial charge in [0.25, 0.3) is 0 Å². The van der Waals surface area contributed by atoms with Gasteiger partial charge in [0.15, 0.2) is 0 Å². The van der Waals surface area contributed by atoms with Crippen LogP contribution in [-0.2, 0) is 4.74 Å². The van der Waals surface area contributed by atoms with E-state index in [-0.39, 0.29) is 12.1 Å². The van der Waals surface area contributed by atoms with E-state index in [1.54, 1.807) is 0 Å². The van der Waals surface area contributed by atoms with Gasteiger partial charge in [0, 0.05) is 16.7 Å². The Balaban J connectivity index is 2.10. The molecule has 106 valence electrons. The molecule has 0 saturated carbocycles. The lowest BCUT2D eigenvalue weighted by Crippen LogP contribution is -2.40. The number of aryl methyl sites for hydroxylation is 2. The van der Waals surface area contributed by atoms with E-state index in [4.69, 9.17) is 10.5 Å². The van der Waals surface area contributed by atoms with Crippen molar-refractivity contribution in [3.8, 4) is 0 Å². The summed E-state index contributed by atoms with van der Waals surface area (Å²) in [6.07, 6.45) is 2.80. The molecule has 1 aliphatic heterocycles. The topological polar surface area (TPSA) is 47.3 Å². The summed E-state index contributed by atoms with van der Waals surface area (Å²) in [4.78, 5) is 0. The highest BCUT2D eigenvalue weighted by atomic mass is 79.9. The van der Waals surface area contributed by atoms with Gasteiger partial charge in [-0.3, -0.25) is 0 Å². The normalized spacial score (nSPS) is 24.5. The second kappa shape index (κ2) is 6.25. The lowest BCUT2D eigenvalue weighted by Gasteiger charge is -2.25. The maximum absolute atomic E-state index is 5.92. The van der Waals surface area contributed by atoms with Gasteiger partial charge in [0.2, 0.25) is 0 Å². The largest absolute Gasteiger partial charge is 0.378 e. The highest BCUT2D eigenvalue weighted by molar-refractivity contribution is 9.10. The quantitative estimate of drug-likeness (QED) is 0.891. The molecule has 1 aromatic rings. The fraction of sp³-hybridized carbons (Fsp3) is 0.600. The van der Waals surface area contributed by atoms with E-state index in [1.807, 2.05) is 0 Å². The summed E-state index contributed by atoms with van der Waals surface area (Å²) >= 11 is 3.59. The van der Waals surface area contributed by atoms with Gasteiger partial charge in [-0.15, -0.1) is 0 Å². The molecule has 0 bridgehead atoms. The molecule has 0 aliphatic carbocycles. The van der Waals surface area contributed by atoms with Gasteiger partial charge in [-0.1, -0.05) is 15.9 Å². The molecule has 3 atom stereocenters. The average Bonchev–Trinajstić information content (AvgIpc) is 2.79. The molecule has 19 heavy (non-hydrogen) atoms. The first kappa shape index (κ1) is 14.8. The molecular formula is C15H23BrN2O. The highest BCUT2D eigenvalue weighted by Crippen LogP contribution is 2.27. The molecule has 3 unspecified atom stereocenters. The molecule has 2 rings (SSSR count). The van der Waals surface area contributed by atoms with Crippen molar-refractivity contribution < 1.29 is 4.74 Å². The van der Waals surface area contributed by atoms with Gasteiger partial charge >= 0.3 is 0 Å². The molecule has 1 aromatic carbocycles. The van der Waals surface area contributed by atoms with Gasteiger partial charge in [0.1, 0.15) is 0 Å². The van der Waals surface area contributed by atoms with Crippen LogP contribution in [0.1, 0.15) is 30.9 Å². The third-order valence-electron chi connectivity index (χ3n) is 3.76. The van der Waals surface area contributed by atoms with Gasteiger partial charge < -0.3 is 15.8 Å². The van der Waals surface area contributed by atoms with Crippen LogP contribution in [0.25, 0.3) is 0 Å². The predicted molar refractivity (Wildman–Crippen MR) is 83.7 cm³/mol. The van der Waals surface area contributed by atoms with Crippen molar-refractivity contribution in [2.45, 2.75) is 51.9 Å². The van der Waals surface area contributed by atoms with E-state index in [1.165, 1.54) is 15.6 Å². The van der Waals surface area contributed by atoms with Crippen LogP contribution in [0.3, 0.4) is 0 Å². The van der Waals surface area contributed by atoms with Crippen molar-refractivity contribution in [2.75, 3.05) is 11.9 Å². The molecule has 0 aromatic heterocycles. The second-order valence-electron chi connectivity index (χ2n) is 5.47. The molecule has 3 N–H and O–H groups in total. The van der Waals surface area contributed by atoms with E-state index in [9.17, 15) is 0 Å². The number of rotatable bonds is 4. The molecule has 1 aliphatic rings. The monoisotopic (exact) mass is 326 g/mol. The molecule has 3 nitrogen and oxygen atoms in total. The number of hydrogen-bond acceptors (Lipinski definition) is 3. The molecule has 4 heteroatoms. The molecule has 1 saturated heterocycles. The number of benzene rings is 1. The Bertz CT molecular complexity index is 427. The van der Waals surface area contributed by atoms with Gasteiger partial charge in [0.05, 0.1) is 18.2 Å². The summed E-state index contributed by atoms with van der Waals surface area (Å²) in [5, 5.41) is 3.53. The Morgan fingerprint density at radius 2 is 2.00 bits per heavy atom. The Morgan fingerprint density at radius 3 is 2.47 bits per heavy atom. The Hall–Kier alpha value is -0.580. The summed E-state index contributed by atoms with van der Waals surface area (Å²) in [6, 6.07) is 4.49. The van der Waals surface area contributed by atoms with Crippen LogP contribution in [0.5, 0.6) is 0 Å². The smallest absolute Gasteiger partial charge is 0.0792 e. The van der Waals surface area contributed by atoms with Crippen LogP contribution in [0, 0.1) is 13.8 Å². The summed E-state index contributed by atoms with van der Waals surface area (Å²) in [5.41, 5.74) is 9.49. The lowest BCUT2D eigenvalue weighted by molar-refractivity contribution is 0.0460. The molecule has 1 fully saturated rings. The lowest BCUT2D eigenvalue weighted by atomic mass is 10.1. The number of anilines is 1. The Kier molecular flexibility index (Phi) is 4.87. The fourth-order valence-electron chi connectivity index (χ4n) is 2.68. The van der Waals surface area contributed by atoms with Crippen LogP contribution in [0.4, 0.5) is 5.69 Å². The fourth-order valence-corrected chi connectivity index (χ4v) is 2.91. The van der Waals surface area contributed by atoms with Gasteiger partial charge in [-0.25, -0.2) is 0 Å². The van der Waals surface area contributed by atoms with Crippen LogP contribution in [0.2, 0.25) is 0 Å². The summed E-state index contributed by atoms with van der Waals surface area (Å²) in [5.74, 6) is 0. The van der Waals surface area contributed by atoms with Crippen molar-refractivity contribution in [1.29, 1.82) is 0 Å². The maximum Gasteiger partial charge on any atom is 0.0792 e. The van der Waals surface area contributed by atoms with Crippen molar-refractivity contribution in [3.05, 3.63) is 27.7 Å². The van der Waals surface area contributed by atoms with E-state index in [2.05, 4.69) is 54.2 Å². The van der Waals surface area contributed by atoms with Crippen LogP contribution in [-0.4, -0.2) is 24.8 Å². The molecule has 1 heterocycles. The van der Waals surface area contributed by atoms with Crippen molar-refractivity contribution in [1.82, 2.24) is 0 Å². The minimum absolute atomic E-state index is 0.185. The molecule has 0 amide bonds. The van der Waals surface area contributed by atoms with Crippen LogP contribution in [0.15, 0.2) is 16.6 Å². The van der Waals surface area contributed by atoms with E-state index >= 15 is 0 Å². The van der Waals surface area contributed by atoms with E-state index in [0.29, 0.717) is 12.6 Å². The van der Waals surface area contributed by atoms with Crippen LogP contribution < -0.4 is 11.1 Å². The maximum atomic E-state index is 5.92. The van der Waals surface area contributed by atoms with Crippen molar-refractivity contribution in [2.24, 2.45) is 5.73 Å². The SMILES string of the molecule is Cc1cc(NC(CN)C2CCC(C)O2)cc(C)c1Br. The van der Waals surface area contributed by atoms with Crippen molar-refractivity contribution >= 4 is 21.6 Å². The summed E-state index contributed by atoms with van der Waals surface area (Å²) in [7, 11) is 0. The number of hydrogen-bond donors (Lipinski definition) is 2. The number of nitrogens with one attached hydrogen (secondary N) is 1. The third kappa shape index (κ3) is 3.50. The standard InChI is InChI=1S/C15H23BrN2O/c1-9-6-12(7-10(2)15(9)16)18-13(8-17)14-5-4-11(3)19-14/h6-7,11,13-14,18H,4-5,8,17H2,1-3H3. The summed E-state index contributed by atoms with van der Waals surface area (Å²) in [6.45, 7) is 6.93. The second-order valence-corrected chi connectivity index (χ2v) is 6.27.